The summed E-state index contributed by atoms with van der Waals surface area (Å²) in [6.45, 7) is 5.79. The summed E-state index contributed by atoms with van der Waals surface area (Å²) in [6.07, 6.45) is 4.77. The molecule has 8 heteroatoms. The van der Waals surface area contributed by atoms with Gasteiger partial charge in [0.15, 0.2) is 15.8 Å². The normalized spacial score (nSPS) is 16.3. The lowest BCUT2D eigenvalue weighted by Gasteiger charge is -2.40. The molecule has 1 aromatic rings. The maximum Gasteiger partial charge on any atom is 0.191 e. The average Bonchev–Trinajstić information content (AvgIpc) is 2.54. The van der Waals surface area contributed by atoms with Crippen molar-refractivity contribution in [2.75, 3.05) is 25.4 Å². The zero-order valence-electron chi connectivity index (χ0n) is 15.4. The van der Waals surface area contributed by atoms with Gasteiger partial charge in [-0.05, 0) is 43.7 Å². The van der Waals surface area contributed by atoms with Crippen LogP contribution < -0.4 is 10.6 Å². The van der Waals surface area contributed by atoms with Gasteiger partial charge in [-0.3, -0.25) is 4.99 Å². The Balaban J connectivity index is 0.00000338. The largest absolute Gasteiger partial charge is 0.357 e. The van der Waals surface area contributed by atoms with Crippen LogP contribution >= 0.6 is 24.0 Å². The third kappa shape index (κ3) is 6.07. The lowest BCUT2D eigenvalue weighted by molar-refractivity contribution is 0.139. The van der Waals surface area contributed by atoms with Crippen molar-refractivity contribution in [3.63, 3.8) is 0 Å². The van der Waals surface area contributed by atoms with Crippen LogP contribution in [0.3, 0.4) is 0 Å². The Morgan fingerprint density at radius 2 is 1.92 bits per heavy atom. The van der Waals surface area contributed by atoms with E-state index in [0.717, 1.165) is 19.0 Å². The zero-order chi connectivity index (χ0) is 18.3. The van der Waals surface area contributed by atoms with Gasteiger partial charge in [0.1, 0.15) is 10.7 Å². The Kier molecular flexibility index (Phi) is 9.29. The van der Waals surface area contributed by atoms with Crippen molar-refractivity contribution in [2.24, 2.45) is 10.4 Å². The summed E-state index contributed by atoms with van der Waals surface area (Å²) >= 11 is 0. The molecule has 0 aliphatic heterocycles. The van der Waals surface area contributed by atoms with Gasteiger partial charge >= 0.3 is 0 Å². The molecule has 1 aliphatic carbocycles. The number of nitrogens with zero attached hydrogens (tertiary/aromatic N) is 1. The molecule has 148 valence electrons. The highest BCUT2D eigenvalue weighted by molar-refractivity contribution is 14.0. The van der Waals surface area contributed by atoms with E-state index in [4.69, 9.17) is 0 Å². The first-order valence-corrected chi connectivity index (χ1v) is 10.6. The van der Waals surface area contributed by atoms with Gasteiger partial charge in [0, 0.05) is 19.6 Å². The minimum Gasteiger partial charge on any atom is -0.357 e. The van der Waals surface area contributed by atoms with Crippen LogP contribution in [0.25, 0.3) is 0 Å². The van der Waals surface area contributed by atoms with Crippen LogP contribution in [0.4, 0.5) is 4.39 Å². The number of aliphatic imine (C=N–C) groups is 1. The first-order chi connectivity index (χ1) is 11.9. The van der Waals surface area contributed by atoms with E-state index >= 15 is 0 Å². The molecule has 0 saturated heterocycles. The van der Waals surface area contributed by atoms with Crippen molar-refractivity contribution < 1.29 is 12.8 Å². The van der Waals surface area contributed by atoms with E-state index < -0.39 is 15.7 Å². The molecule has 0 spiro atoms. The molecule has 1 saturated carbocycles. The Hall–Kier alpha value is -0.900. The van der Waals surface area contributed by atoms with Gasteiger partial charge in [0.05, 0.1) is 5.75 Å². The summed E-state index contributed by atoms with van der Waals surface area (Å²) in [5, 5.41) is 6.18. The number of sulfone groups is 1. The van der Waals surface area contributed by atoms with E-state index in [1.54, 1.807) is 0 Å². The highest BCUT2D eigenvalue weighted by Crippen LogP contribution is 2.43. The van der Waals surface area contributed by atoms with Crippen LogP contribution in [0.5, 0.6) is 0 Å². The molecular formula is C18H29FIN3O2S. The van der Waals surface area contributed by atoms with Crippen LogP contribution in [0.2, 0.25) is 0 Å². The van der Waals surface area contributed by atoms with Gasteiger partial charge in [0.25, 0.3) is 0 Å². The molecule has 0 bridgehead atoms. The summed E-state index contributed by atoms with van der Waals surface area (Å²) in [4.78, 5) is 4.36. The van der Waals surface area contributed by atoms with E-state index in [1.807, 2.05) is 6.92 Å². The van der Waals surface area contributed by atoms with Crippen molar-refractivity contribution in [3.05, 3.63) is 30.1 Å². The molecule has 0 radical (unpaired) electrons. The molecular weight excluding hydrogens is 468 g/mol. The molecule has 5 nitrogen and oxygen atoms in total. The molecule has 0 heterocycles. The maximum atomic E-state index is 13.7. The van der Waals surface area contributed by atoms with E-state index in [-0.39, 0.29) is 41.2 Å². The van der Waals surface area contributed by atoms with Gasteiger partial charge < -0.3 is 10.6 Å². The van der Waals surface area contributed by atoms with Crippen LogP contribution in [0.15, 0.2) is 34.2 Å². The predicted molar refractivity (Wildman–Crippen MR) is 114 cm³/mol. The minimum absolute atomic E-state index is 0. The molecule has 2 rings (SSSR count). The van der Waals surface area contributed by atoms with Crippen molar-refractivity contribution in [2.45, 2.75) is 44.4 Å². The Morgan fingerprint density at radius 3 is 2.46 bits per heavy atom. The van der Waals surface area contributed by atoms with Crippen LogP contribution in [0, 0.1) is 11.2 Å². The van der Waals surface area contributed by atoms with Crippen molar-refractivity contribution in [3.8, 4) is 0 Å². The zero-order valence-corrected chi connectivity index (χ0v) is 18.6. The Bertz CT molecular complexity index is 701. The fraction of sp³-hybridized carbons (Fsp3) is 0.611. The fourth-order valence-corrected chi connectivity index (χ4v) is 4.24. The SMILES string of the molecule is CCNC(=NCC1(CC)CCC1)NCCS(=O)(=O)c1ccccc1F.I. The third-order valence-corrected chi connectivity index (χ3v) is 6.66. The minimum atomic E-state index is -3.66. The van der Waals surface area contributed by atoms with Gasteiger partial charge in [0.2, 0.25) is 0 Å². The quantitative estimate of drug-likeness (QED) is 0.329. The second-order valence-electron chi connectivity index (χ2n) is 6.58. The van der Waals surface area contributed by atoms with Gasteiger partial charge in [-0.15, -0.1) is 24.0 Å². The molecule has 2 N–H and O–H groups in total. The molecule has 0 atom stereocenters. The van der Waals surface area contributed by atoms with Gasteiger partial charge in [-0.2, -0.15) is 0 Å². The molecule has 0 unspecified atom stereocenters. The smallest absolute Gasteiger partial charge is 0.191 e. The van der Waals surface area contributed by atoms with Crippen LogP contribution in [-0.4, -0.2) is 39.8 Å². The topological polar surface area (TPSA) is 70.6 Å². The first-order valence-electron chi connectivity index (χ1n) is 8.92. The summed E-state index contributed by atoms with van der Waals surface area (Å²) in [5.74, 6) is -0.277. The van der Waals surface area contributed by atoms with Crippen molar-refractivity contribution in [1.82, 2.24) is 10.6 Å². The monoisotopic (exact) mass is 497 g/mol. The highest BCUT2D eigenvalue weighted by Gasteiger charge is 2.34. The van der Waals surface area contributed by atoms with E-state index in [9.17, 15) is 12.8 Å². The number of guanidine groups is 1. The lowest BCUT2D eigenvalue weighted by atomic mass is 9.67. The number of hydrogen-bond donors (Lipinski definition) is 2. The van der Waals surface area contributed by atoms with E-state index in [2.05, 4.69) is 22.5 Å². The number of rotatable bonds is 8. The number of hydrogen-bond acceptors (Lipinski definition) is 3. The molecule has 0 aromatic heterocycles. The summed E-state index contributed by atoms with van der Waals surface area (Å²) < 4.78 is 38.2. The summed E-state index contributed by atoms with van der Waals surface area (Å²) in [6, 6.07) is 5.46. The maximum absolute atomic E-state index is 13.7. The first kappa shape index (κ1) is 23.1. The van der Waals surface area contributed by atoms with Gasteiger partial charge in [-0.25, -0.2) is 12.8 Å². The highest BCUT2D eigenvalue weighted by atomic mass is 127. The second kappa shape index (κ2) is 10.4. The van der Waals surface area contributed by atoms with Crippen LogP contribution in [0.1, 0.15) is 39.5 Å². The molecule has 0 amide bonds. The summed E-state index contributed by atoms with van der Waals surface area (Å²) in [7, 11) is -3.66. The molecule has 1 fully saturated rings. The fourth-order valence-electron chi connectivity index (χ4n) is 3.00. The van der Waals surface area contributed by atoms with Crippen LogP contribution in [-0.2, 0) is 9.84 Å². The molecule has 1 aliphatic rings. The third-order valence-electron chi connectivity index (χ3n) is 4.92. The predicted octanol–water partition coefficient (Wildman–Crippen LogP) is 3.35. The Labute approximate surface area is 173 Å². The van der Waals surface area contributed by atoms with Crippen molar-refractivity contribution in [1.29, 1.82) is 0 Å². The Morgan fingerprint density at radius 1 is 1.23 bits per heavy atom. The molecule has 1 aromatic carbocycles. The van der Waals surface area contributed by atoms with Crippen molar-refractivity contribution >= 4 is 39.8 Å². The molecule has 26 heavy (non-hydrogen) atoms. The number of nitrogens with one attached hydrogen (secondary N) is 2. The summed E-state index contributed by atoms with van der Waals surface area (Å²) in [5.41, 5.74) is 0.307. The van der Waals surface area contributed by atoms with E-state index in [0.29, 0.717) is 17.9 Å². The van der Waals surface area contributed by atoms with Gasteiger partial charge in [-0.1, -0.05) is 25.5 Å². The average molecular weight is 497 g/mol. The standard InChI is InChI=1S/C18H28FN3O2S.HI/c1-3-18(10-7-11-18)14-22-17(20-4-2)21-12-13-25(23,24)16-9-6-5-8-15(16)19;/h5-6,8-9H,3-4,7,10-14H2,1-2H3,(H2,20,21,22);1H. The van der Waals surface area contributed by atoms with E-state index in [1.165, 1.54) is 37.5 Å². The lowest BCUT2D eigenvalue weighted by Crippen LogP contribution is -2.41. The second-order valence-corrected chi connectivity index (χ2v) is 8.66. The number of benzene rings is 1. The number of halogens is 2.